The maximum Gasteiger partial charge on any atom is 0.327 e. The summed E-state index contributed by atoms with van der Waals surface area (Å²) in [7, 11) is 1.68. The predicted octanol–water partition coefficient (Wildman–Crippen LogP) is 1.95. The Balaban J connectivity index is 1.60. The number of rotatable bonds is 7. The van der Waals surface area contributed by atoms with Crippen molar-refractivity contribution in [1.82, 2.24) is 20.1 Å². The predicted molar refractivity (Wildman–Crippen MR) is 137 cm³/mol. The van der Waals surface area contributed by atoms with E-state index in [2.05, 4.69) is 10.6 Å². The standard InChI is InChI=1S/C26H30N4O6S/c1-12-16(14(3)31)13(2)29(6)19(12)22(33)27-17(15-10-8-7-9-11-15)21(32)28-18-23(34)30-20(25(35)36)26(4,5)37-24(18)30/h7-11,17-18,20,24H,1-6H3,(H,27,33)(H,28,32)(H,35,36)/t17?,18-,20+,24-/m1/s1. The summed E-state index contributed by atoms with van der Waals surface area (Å²) in [4.78, 5) is 65.0. The lowest BCUT2D eigenvalue weighted by Gasteiger charge is -2.44. The van der Waals surface area contributed by atoms with Gasteiger partial charge in [-0.15, -0.1) is 11.8 Å². The molecule has 196 valence electrons. The molecule has 0 saturated carbocycles. The topological polar surface area (TPSA) is 138 Å². The van der Waals surface area contributed by atoms with E-state index in [1.54, 1.807) is 69.6 Å². The highest BCUT2D eigenvalue weighted by molar-refractivity contribution is 8.01. The van der Waals surface area contributed by atoms with Crippen molar-refractivity contribution in [2.45, 2.75) is 62.9 Å². The molecule has 4 atom stereocenters. The van der Waals surface area contributed by atoms with Crippen LogP contribution < -0.4 is 10.6 Å². The van der Waals surface area contributed by atoms with E-state index in [9.17, 15) is 29.1 Å². The Morgan fingerprint density at radius 3 is 2.27 bits per heavy atom. The van der Waals surface area contributed by atoms with Gasteiger partial charge in [0.1, 0.15) is 29.2 Å². The second-order valence-electron chi connectivity index (χ2n) is 9.95. The summed E-state index contributed by atoms with van der Waals surface area (Å²) in [5.41, 5.74) is 2.40. The van der Waals surface area contributed by atoms with E-state index in [1.165, 1.54) is 23.6 Å². The number of carbonyl (C=O) groups excluding carboxylic acids is 4. The van der Waals surface area contributed by atoms with Crippen LogP contribution in [0.5, 0.6) is 0 Å². The molecule has 2 aliphatic heterocycles. The van der Waals surface area contributed by atoms with Crippen LogP contribution in [-0.2, 0) is 21.4 Å². The van der Waals surface area contributed by atoms with Gasteiger partial charge < -0.3 is 25.2 Å². The second kappa shape index (κ2) is 9.37. The Hall–Kier alpha value is -3.60. The number of hydrogen-bond acceptors (Lipinski definition) is 6. The fourth-order valence-electron chi connectivity index (χ4n) is 5.35. The Bertz CT molecular complexity index is 1320. The van der Waals surface area contributed by atoms with Crippen LogP contribution in [0.4, 0.5) is 0 Å². The van der Waals surface area contributed by atoms with Crippen LogP contribution in [0.25, 0.3) is 0 Å². The molecule has 1 unspecified atom stereocenters. The van der Waals surface area contributed by atoms with Crippen LogP contribution in [0.3, 0.4) is 0 Å². The van der Waals surface area contributed by atoms with Gasteiger partial charge in [-0.3, -0.25) is 19.2 Å². The highest BCUT2D eigenvalue weighted by Crippen LogP contribution is 2.50. The number of carboxylic acids is 1. The van der Waals surface area contributed by atoms with Gasteiger partial charge in [-0.1, -0.05) is 30.3 Å². The van der Waals surface area contributed by atoms with Crippen molar-refractivity contribution >= 4 is 41.2 Å². The molecule has 1 aromatic heterocycles. The van der Waals surface area contributed by atoms with Crippen LogP contribution in [0.15, 0.2) is 30.3 Å². The van der Waals surface area contributed by atoms with Crippen molar-refractivity contribution in [2.75, 3.05) is 0 Å². The number of nitrogens with zero attached hydrogens (tertiary/aromatic N) is 2. The molecule has 3 heterocycles. The first-order valence-corrected chi connectivity index (χ1v) is 12.7. The van der Waals surface area contributed by atoms with Gasteiger partial charge in [-0.05, 0) is 45.7 Å². The number of carboxylic acid groups (broad SMARTS) is 1. The normalized spacial score (nSPS) is 22.6. The number of ketones is 1. The van der Waals surface area contributed by atoms with Gasteiger partial charge in [0.2, 0.25) is 11.8 Å². The number of benzene rings is 1. The summed E-state index contributed by atoms with van der Waals surface area (Å²) in [6.45, 7) is 8.39. The number of Topliss-reactive ketones (excluding diaryl/α,β-unsaturated/α-hetero) is 1. The van der Waals surface area contributed by atoms with Crippen molar-refractivity contribution < 1.29 is 29.1 Å². The van der Waals surface area contributed by atoms with Crippen LogP contribution in [0.2, 0.25) is 0 Å². The molecular formula is C26H30N4O6S. The van der Waals surface area contributed by atoms with Gasteiger partial charge in [-0.2, -0.15) is 0 Å². The molecule has 2 aromatic rings. The van der Waals surface area contributed by atoms with Crippen molar-refractivity contribution in [1.29, 1.82) is 0 Å². The minimum atomic E-state index is -1.12. The Morgan fingerprint density at radius 2 is 1.73 bits per heavy atom. The Morgan fingerprint density at radius 1 is 1.11 bits per heavy atom. The first-order chi connectivity index (χ1) is 17.3. The minimum absolute atomic E-state index is 0.160. The maximum absolute atomic E-state index is 13.5. The minimum Gasteiger partial charge on any atom is -0.480 e. The molecule has 0 bridgehead atoms. The van der Waals surface area contributed by atoms with Crippen molar-refractivity contribution in [3.63, 3.8) is 0 Å². The third kappa shape index (κ3) is 4.30. The average molecular weight is 527 g/mol. The average Bonchev–Trinajstić information content (AvgIpc) is 3.22. The zero-order valence-corrected chi connectivity index (χ0v) is 22.3. The molecule has 1 aromatic carbocycles. The third-order valence-corrected chi connectivity index (χ3v) is 8.71. The molecule has 37 heavy (non-hydrogen) atoms. The molecule has 3 N–H and O–H groups in total. The number of aliphatic carboxylic acids is 1. The Labute approximate surface area is 218 Å². The molecule has 2 aliphatic rings. The number of thioether (sulfide) groups is 1. The molecule has 3 amide bonds. The van der Waals surface area contributed by atoms with E-state index in [0.29, 0.717) is 22.4 Å². The number of nitrogens with one attached hydrogen (secondary N) is 2. The van der Waals surface area contributed by atoms with Crippen LogP contribution in [0, 0.1) is 13.8 Å². The summed E-state index contributed by atoms with van der Waals surface area (Å²) in [6, 6.07) is 5.60. The van der Waals surface area contributed by atoms with Gasteiger partial charge in [0.05, 0.1) is 0 Å². The molecule has 10 nitrogen and oxygen atoms in total. The lowest BCUT2D eigenvalue weighted by Crippen LogP contribution is -2.71. The quantitative estimate of drug-likeness (QED) is 0.370. The first kappa shape index (κ1) is 26.5. The van der Waals surface area contributed by atoms with Crippen molar-refractivity contribution in [3.05, 3.63) is 58.4 Å². The van der Waals surface area contributed by atoms with Gasteiger partial charge in [-0.25, -0.2) is 4.79 Å². The van der Waals surface area contributed by atoms with E-state index in [4.69, 9.17) is 0 Å². The van der Waals surface area contributed by atoms with Gasteiger partial charge in [0, 0.05) is 23.1 Å². The summed E-state index contributed by atoms with van der Waals surface area (Å²) in [6.07, 6.45) is 0. The highest BCUT2D eigenvalue weighted by Gasteiger charge is 2.64. The molecule has 0 spiro atoms. The van der Waals surface area contributed by atoms with Crippen LogP contribution in [-0.4, -0.2) is 66.3 Å². The molecule has 2 fully saturated rings. The lowest BCUT2D eigenvalue weighted by atomic mass is 9.95. The van der Waals surface area contributed by atoms with Crippen LogP contribution >= 0.6 is 11.8 Å². The first-order valence-electron chi connectivity index (χ1n) is 11.8. The molecule has 0 aliphatic carbocycles. The van der Waals surface area contributed by atoms with E-state index in [1.807, 2.05) is 0 Å². The number of carbonyl (C=O) groups is 5. The monoisotopic (exact) mass is 526 g/mol. The van der Waals surface area contributed by atoms with E-state index in [-0.39, 0.29) is 11.5 Å². The second-order valence-corrected chi connectivity index (χ2v) is 11.7. The molecule has 0 radical (unpaired) electrons. The number of aromatic nitrogens is 1. The van der Waals surface area contributed by atoms with E-state index in [0.717, 1.165) is 0 Å². The van der Waals surface area contributed by atoms with E-state index < -0.39 is 51.9 Å². The van der Waals surface area contributed by atoms with Gasteiger partial charge in [0.15, 0.2) is 5.78 Å². The van der Waals surface area contributed by atoms with Gasteiger partial charge >= 0.3 is 5.97 Å². The van der Waals surface area contributed by atoms with Crippen molar-refractivity contribution in [3.8, 4) is 0 Å². The lowest BCUT2D eigenvalue weighted by molar-refractivity contribution is -0.161. The van der Waals surface area contributed by atoms with Crippen molar-refractivity contribution in [2.24, 2.45) is 7.05 Å². The number of amides is 3. The largest absolute Gasteiger partial charge is 0.480 e. The fraction of sp³-hybridized carbons (Fsp3) is 0.423. The molecular weight excluding hydrogens is 496 g/mol. The maximum atomic E-state index is 13.5. The highest BCUT2D eigenvalue weighted by atomic mass is 32.2. The number of hydrogen-bond donors (Lipinski definition) is 3. The molecule has 11 heteroatoms. The van der Waals surface area contributed by atoms with Crippen LogP contribution in [0.1, 0.15) is 64.5 Å². The summed E-state index contributed by atoms with van der Waals surface area (Å²) >= 11 is 1.32. The zero-order chi connectivity index (χ0) is 27.4. The molecule has 4 rings (SSSR count). The number of fused-ring (bicyclic) bond motifs is 1. The molecule has 2 saturated heterocycles. The van der Waals surface area contributed by atoms with Gasteiger partial charge in [0.25, 0.3) is 5.91 Å². The Kier molecular flexibility index (Phi) is 6.70. The third-order valence-electron chi connectivity index (χ3n) is 7.14. The summed E-state index contributed by atoms with van der Waals surface area (Å²) < 4.78 is 0.896. The summed E-state index contributed by atoms with van der Waals surface area (Å²) in [5, 5.41) is 14.6. The smallest absolute Gasteiger partial charge is 0.327 e. The fourth-order valence-corrected chi connectivity index (χ4v) is 6.97. The number of β-lactam (4-membered cyclic amide) rings is 1. The SMILES string of the molecule is CC(=O)c1c(C)c(C(=O)NC(C(=O)N[C@@H]2C(=O)N3[C@@H]2SC(C)(C)[C@@H]3C(=O)O)c2ccccc2)n(C)c1C. The zero-order valence-electron chi connectivity index (χ0n) is 21.5. The van der Waals surface area contributed by atoms with E-state index >= 15 is 0 Å². The summed E-state index contributed by atoms with van der Waals surface area (Å²) in [5.74, 6) is -2.85.